The third-order valence-corrected chi connectivity index (χ3v) is 12.2. The molecule has 3 aromatic heterocycles. The Hall–Kier alpha value is -7.29. The molecular formula is C60H47IrN9OPt-8. The first kappa shape index (κ1) is 49.7. The van der Waals surface area contributed by atoms with E-state index in [1.807, 2.05) is 72.9 Å². The number of nitrogens with zero attached hydrogens (tertiary/aromatic N) is 9. The molecule has 12 rings (SSSR count). The molecular weight excluding hydrogens is 1250 g/mol. The van der Waals surface area contributed by atoms with Crippen molar-refractivity contribution in [3.63, 3.8) is 0 Å². The van der Waals surface area contributed by atoms with Crippen molar-refractivity contribution in [2.75, 3.05) is 42.5 Å². The van der Waals surface area contributed by atoms with Gasteiger partial charge in [-0.1, -0.05) is 42.0 Å². The summed E-state index contributed by atoms with van der Waals surface area (Å²) in [4.78, 5) is 26.6. The van der Waals surface area contributed by atoms with Crippen molar-refractivity contribution in [3.8, 4) is 22.9 Å². The van der Waals surface area contributed by atoms with Crippen LogP contribution < -0.4 is 34.1 Å². The number of aryl methyl sites for hydroxylation is 2. The summed E-state index contributed by atoms with van der Waals surface area (Å²) in [6.07, 6.45) is 7.39. The number of para-hydroxylation sites is 6. The molecule has 0 bridgehead atoms. The number of hydrogen-bond acceptors (Lipinski definition) is 10. The summed E-state index contributed by atoms with van der Waals surface area (Å²) in [6, 6.07) is 71.3. The third kappa shape index (κ3) is 10.7. The average molecular weight is 1300 g/mol. The van der Waals surface area contributed by atoms with Gasteiger partial charge in [-0.15, -0.1) is 65.5 Å². The molecule has 0 aliphatic carbocycles. The fourth-order valence-corrected chi connectivity index (χ4v) is 8.92. The Kier molecular flexibility index (Phi) is 15.8. The largest absolute Gasteiger partial charge is 0.510 e. The van der Waals surface area contributed by atoms with Crippen LogP contribution in [0.5, 0.6) is 11.5 Å². The second-order valence-corrected chi connectivity index (χ2v) is 16.9. The Bertz CT molecular complexity index is 3120. The van der Waals surface area contributed by atoms with Gasteiger partial charge in [0.2, 0.25) is 0 Å². The summed E-state index contributed by atoms with van der Waals surface area (Å²) in [5.74, 6) is 2.08. The van der Waals surface area contributed by atoms with Crippen LogP contribution in [-0.4, -0.2) is 28.0 Å². The molecule has 72 heavy (non-hydrogen) atoms. The summed E-state index contributed by atoms with van der Waals surface area (Å²) in [5.41, 5.74) is 13.5. The molecule has 0 spiro atoms. The van der Waals surface area contributed by atoms with Gasteiger partial charge in [-0.3, -0.25) is 0 Å². The fraction of sp³-hybridized carbons (Fsp3) is 0.100. The first-order chi connectivity index (χ1) is 34.5. The van der Waals surface area contributed by atoms with Gasteiger partial charge >= 0.3 is 0 Å². The van der Waals surface area contributed by atoms with Crippen LogP contribution in [0.3, 0.4) is 0 Å². The van der Waals surface area contributed by atoms with E-state index < -0.39 is 0 Å². The molecule has 3 aliphatic rings. The van der Waals surface area contributed by atoms with E-state index >= 15 is 0 Å². The van der Waals surface area contributed by atoms with E-state index in [1.54, 1.807) is 24.5 Å². The topological polar surface area (TPSA) is 67.3 Å². The predicted molar refractivity (Wildman–Crippen MR) is 279 cm³/mol. The minimum absolute atomic E-state index is 0. The quantitative estimate of drug-likeness (QED) is 0.0873. The normalized spacial score (nSPS) is 13.1. The van der Waals surface area contributed by atoms with Gasteiger partial charge in [0.05, 0.1) is 0 Å². The molecule has 0 saturated heterocycles. The Balaban J connectivity index is 0.000000173. The van der Waals surface area contributed by atoms with Crippen molar-refractivity contribution in [1.82, 2.24) is 15.0 Å². The summed E-state index contributed by atoms with van der Waals surface area (Å²) in [5, 5.41) is 0. The van der Waals surface area contributed by atoms with Crippen molar-refractivity contribution in [2.45, 2.75) is 26.7 Å². The maximum absolute atomic E-state index is 6.13. The second-order valence-electron chi connectivity index (χ2n) is 16.9. The van der Waals surface area contributed by atoms with Crippen LogP contribution in [0.2, 0.25) is 0 Å². The number of fused-ring (bicyclic) bond motifs is 3. The smallest absolute Gasteiger partial charge is 0.124 e. The van der Waals surface area contributed by atoms with Gasteiger partial charge in [0.1, 0.15) is 5.82 Å². The molecule has 0 N–H and O–H groups in total. The zero-order chi connectivity index (χ0) is 47.2. The van der Waals surface area contributed by atoms with E-state index in [1.165, 1.54) is 22.5 Å². The number of hydrogen-bond donors (Lipinski definition) is 0. The average Bonchev–Trinajstić information content (AvgIpc) is 4.11. The van der Waals surface area contributed by atoms with Gasteiger partial charge in [-0.05, 0) is 100 Å². The van der Waals surface area contributed by atoms with Crippen molar-refractivity contribution in [2.24, 2.45) is 0 Å². The van der Waals surface area contributed by atoms with Crippen molar-refractivity contribution < 1.29 is 45.9 Å². The van der Waals surface area contributed by atoms with Gasteiger partial charge < -0.3 is 44.1 Å². The standard InChI is InChI=1S/C31H22N4O.C29H25N5.Ir.Pt/c1-22-13-14-29(23(2)18-22)35-21-34(30-11-3-4-12-31(30)35)24-8-7-9-25(19-24)36-26-15-17-33-28(20-26)27-10-5-6-16-32-27;1-3-12-24(13-4-1)33-22-31(26-16-7-8-17-27(26)33)20-9-10-21-32-23-34(25-14-5-2-6-15-25)29-28(32)18-11-19-30-29;;/h3-9,11-18,21H,1-2H3;1-8,11-12,14,16-19,22-23H,9-10,20-21H2;;/q2*-4;;. The van der Waals surface area contributed by atoms with Crippen LogP contribution >= 0.6 is 0 Å². The maximum Gasteiger partial charge on any atom is 0.124 e. The van der Waals surface area contributed by atoms with Crippen molar-refractivity contribution in [1.29, 1.82) is 0 Å². The first-order valence-corrected chi connectivity index (χ1v) is 23.3. The summed E-state index contributed by atoms with van der Waals surface area (Å²) in [7, 11) is 0. The van der Waals surface area contributed by atoms with E-state index in [0.717, 1.165) is 71.6 Å². The molecule has 0 saturated carbocycles. The first-order valence-electron chi connectivity index (χ1n) is 23.3. The van der Waals surface area contributed by atoms with Crippen LogP contribution in [0.15, 0.2) is 182 Å². The SMILES string of the molecule is Cc1ccc(N2[CH-]N(c3[c-]c(Oc4[c-]c(-c5[c-]cccn5)ncc4)ccc3)c3ccccc32)c(C)c1.[Ir].[Pt].[c-]1ccccc1N1[CH-]N(CCCCN2[CH-]N(c3[c-]cccc3)c3ncccc32)c2ccccc21. The zero-order valence-corrected chi connectivity index (χ0v) is 44.1. The Morgan fingerprint density at radius 1 is 0.458 bits per heavy atom. The second kappa shape index (κ2) is 22.8. The minimum atomic E-state index is 0. The number of unbranched alkanes of at least 4 members (excludes halogenated alkanes) is 1. The number of ether oxygens (including phenoxy) is 1. The van der Waals surface area contributed by atoms with E-state index in [-0.39, 0.29) is 41.2 Å². The van der Waals surface area contributed by atoms with Gasteiger partial charge in [0, 0.05) is 93.0 Å². The molecule has 9 aromatic rings. The molecule has 0 amide bonds. The molecule has 1 radical (unpaired) electrons. The number of benzene rings is 6. The molecule has 0 fully saturated rings. The number of aromatic nitrogens is 3. The van der Waals surface area contributed by atoms with Crippen molar-refractivity contribution in [3.05, 3.63) is 244 Å². The van der Waals surface area contributed by atoms with Crippen LogP contribution in [0.25, 0.3) is 11.4 Å². The molecule has 365 valence electrons. The van der Waals surface area contributed by atoms with Crippen LogP contribution in [-0.2, 0) is 41.2 Å². The zero-order valence-electron chi connectivity index (χ0n) is 39.5. The van der Waals surface area contributed by atoms with Gasteiger partial charge in [-0.2, -0.15) is 92.2 Å². The van der Waals surface area contributed by atoms with Crippen LogP contribution in [0.4, 0.5) is 57.0 Å². The monoisotopic (exact) mass is 1300 g/mol. The van der Waals surface area contributed by atoms with Crippen LogP contribution in [0.1, 0.15) is 24.0 Å². The Labute approximate surface area is 450 Å². The third-order valence-electron chi connectivity index (χ3n) is 12.2. The molecule has 10 nitrogen and oxygen atoms in total. The van der Waals surface area contributed by atoms with Gasteiger partial charge in [0.15, 0.2) is 0 Å². The van der Waals surface area contributed by atoms with E-state index in [2.05, 4.69) is 193 Å². The van der Waals surface area contributed by atoms with Crippen molar-refractivity contribution >= 4 is 57.0 Å². The Morgan fingerprint density at radius 3 is 1.75 bits per heavy atom. The molecule has 6 aromatic carbocycles. The summed E-state index contributed by atoms with van der Waals surface area (Å²) in [6.45, 7) is 12.6. The van der Waals surface area contributed by atoms with Gasteiger partial charge in [-0.25, -0.2) is 11.1 Å². The molecule has 6 heterocycles. The van der Waals surface area contributed by atoms with E-state index in [4.69, 9.17) is 4.74 Å². The molecule has 0 unspecified atom stereocenters. The molecule has 3 aliphatic heterocycles. The summed E-state index contributed by atoms with van der Waals surface area (Å²) < 4.78 is 6.13. The summed E-state index contributed by atoms with van der Waals surface area (Å²) >= 11 is 0. The molecule has 0 atom stereocenters. The number of anilines is 10. The van der Waals surface area contributed by atoms with E-state index in [0.29, 0.717) is 22.9 Å². The van der Waals surface area contributed by atoms with Crippen LogP contribution in [0, 0.1) is 64.2 Å². The number of rotatable bonds is 12. The molecule has 12 heteroatoms. The minimum Gasteiger partial charge on any atom is -0.510 e. The maximum atomic E-state index is 6.13. The van der Waals surface area contributed by atoms with E-state index in [9.17, 15) is 0 Å². The predicted octanol–water partition coefficient (Wildman–Crippen LogP) is 13.7. The number of pyridine rings is 3. The Morgan fingerprint density at radius 2 is 1.04 bits per heavy atom. The fourth-order valence-electron chi connectivity index (χ4n) is 8.92. The van der Waals surface area contributed by atoms with Gasteiger partial charge in [0.25, 0.3) is 0 Å².